The van der Waals surface area contributed by atoms with Gasteiger partial charge in [0.05, 0.1) is 21.8 Å². The summed E-state index contributed by atoms with van der Waals surface area (Å²) in [5.41, 5.74) is 2.63. The van der Waals surface area contributed by atoms with Gasteiger partial charge in [-0.1, -0.05) is 29.0 Å². The molecule has 0 spiro atoms. The summed E-state index contributed by atoms with van der Waals surface area (Å²) in [4.78, 5) is 36.8. The van der Waals surface area contributed by atoms with E-state index >= 15 is 0 Å². The Morgan fingerprint density at radius 2 is 2.06 bits per heavy atom. The largest absolute Gasteiger partial charge is 0.507 e. The van der Waals surface area contributed by atoms with Crippen molar-refractivity contribution in [2.75, 3.05) is 4.90 Å². The number of pyridine rings is 1. The van der Waals surface area contributed by atoms with E-state index in [0.29, 0.717) is 33.2 Å². The zero-order valence-corrected chi connectivity index (χ0v) is 20.0. The lowest BCUT2D eigenvalue weighted by atomic mass is 9.95. The fourth-order valence-corrected chi connectivity index (χ4v) is 5.87. The Labute approximate surface area is 209 Å². The summed E-state index contributed by atoms with van der Waals surface area (Å²) >= 11 is 7.39. The first-order valence-corrected chi connectivity index (χ1v) is 12.2. The summed E-state index contributed by atoms with van der Waals surface area (Å²) in [6, 6.07) is 13.1. The number of benzene rings is 2. The molecule has 2 aromatic carbocycles. The molecule has 35 heavy (non-hydrogen) atoms. The lowest BCUT2D eigenvalue weighted by Crippen LogP contribution is -2.29. The number of amides is 1. The molecule has 0 saturated carbocycles. The number of rotatable bonds is 3. The normalized spacial score (nSPS) is 20.9. The molecule has 4 heterocycles. The third kappa shape index (κ3) is 3.57. The van der Waals surface area contributed by atoms with Gasteiger partial charge in [0.1, 0.15) is 17.6 Å². The van der Waals surface area contributed by atoms with Gasteiger partial charge >= 0.3 is 5.91 Å². The zero-order chi connectivity index (χ0) is 24.3. The number of fused-ring (bicyclic) bond motifs is 2. The Morgan fingerprint density at radius 1 is 1.20 bits per heavy atom. The van der Waals surface area contributed by atoms with E-state index in [0.717, 1.165) is 16.0 Å². The number of halogens is 1. The molecule has 2 aromatic heterocycles. The predicted molar refractivity (Wildman–Crippen MR) is 134 cm³/mol. The van der Waals surface area contributed by atoms with Crippen LogP contribution in [-0.4, -0.2) is 32.9 Å². The summed E-state index contributed by atoms with van der Waals surface area (Å²) < 4.78 is 6.54. The summed E-state index contributed by atoms with van der Waals surface area (Å²) in [5, 5.41) is 12.3. The van der Waals surface area contributed by atoms with Crippen molar-refractivity contribution in [3.8, 4) is 5.75 Å². The van der Waals surface area contributed by atoms with Gasteiger partial charge in [-0.05, 0) is 60.5 Å². The van der Waals surface area contributed by atoms with Gasteiger partial charge in [0.15, 0.2) is 5.13 Å². The van der Waals surface area contributed by atoms with Gasteiger partial charge in [0.25, 0.3) is 5.78 Å². The van der Waals surface area contributed by atoms with E-state index in [1.165, 1.54) is 16.2 Å². The topological polar surface area (TPSA) is 92.6 Å². The molecule has 174 valence electrons. The standard InChI is InChI=1S/C26H18ClN3O4S/c1-13-9-16-10-14(4-7-19(16)34-13)23(31)21-22(15-3-2-8-28-12-15)30(25(33)24(21)32)26-29-18-6-5-17(27)11-20(18)35-26/h2-8,10-13,22,31H,9H2,1H3/b23-21+/t13-,22-/m0/s1. The van der Waals surface area contributed by atoms with Crippen LogP contribution in [0.3, 0.4) is 0 Å². The van der Waals surface area contributed by atoms with E-state index < -0.39 is 17.7 Å². The quantitative estimate of drug-likeness (QED) is 0.232. The molecule has 2 atom stereocenters. The van der Waals surface area contributed by atoms with Crippen LogP contribution in [0.15, 0.2) is 66.5 Å². The van der Waals surface area contributed by atoms with Crippen molar-refractivity contribution < 1.29 is 19.4 Å². The minimum Gasteiger partial charge on any atom is -0.507 e. The van der Waals surface area contributed by atoms with Gasteiger partial charge in [0.2, 0.25) is 0 Å². The van der Waals surface area contributed by atoms with Crippen LogP contribution in [-0.2, 0) is 16.0 Å². The number of carbonyl (C=O) groups excluding carboxylic acids is 2. The van der Waals surface area contributed by atoms with Crippen LogP contribution in [0.2, 0.25) is 5.02 Å². The number of ketones is 1. The predicted octanol–water partition coefficient (Wildman–Crippen LogP) is 5.29. The SMILES string of the molecule is C[C@H]1Cc2cc(/C(O)=C3\C(=O)C(=O)N(c4nc5ccc(Cl)cc5s4)[C@H]3c3cccnc3)ccc2O1. The second-order valence-corrected chi connectivity index (χ2v) is 9.96. The molecule has 1 N–H and O–H groups in total. The van der Waals surface area contributed by atoms with E-state index in [-0.39, 0.29) is 17.4 Å². The highest BCUT2D eigenvalue weighted by Gasteiger charge is 2.48. The average Bonchev–Trinajstić information content (AvgIpc) is 3.51. The molecule has 1 amide bonds. The van der Waals surface area contributed by atoms with Crippen molar-refractivity contribution in [1.29, 1.82) is 0 Å². The van der Waals surface area contributed by atoms with Gasteiger partial charge in [-0.25, -0.2) is 4.98 Å². The van der Waals surface area contributed by atoms with Crippen LogP contribution in [0.4, 0.5) is 5.13 Å². The van der Waals surface area contributed by atoms with Crippen LogP contribution < -0.4 is 9.64 Å². The first-order chi connectivity index (χ1) is 16.9. The minimum atomic E-state index is -0.886. The van der Waals surface area contributed by atoms with Crippen LogP contribution in [0.1, 0.15) is 29.7 Å². The molecule has 6 rings (SSSR count). The zero-order valence-electron chi connectivity index (χ0n) is 18.4. The fourth-order valence-electron chi connectivity index (χ4n) is 4.60. The van der Waals surface area contributed by atoms with E-state index in [2.05, 4.69) is 9.97 Å². The van der Waals surface area contributed by atoms with Crippen LogP contribution in [0, 0.1) is 0 Å². The number of carbonyl (C=O) groups is 2. The number of anilines is 1. The summed E-state index contributed by atoms with van der Waals surface area (Å²) in [5.74, 6) is -1.03. The number of thiazole rings is 1. The highest BCUT2D eigenvalue weighted by Crippen LogP contribution is 2.44. The Balaban J connectivity index is 1.53. The molecule has 2 aliphatic rings. The maximum absolute atomic E-state index is 13.3. The fraction of sp³-hybridized carbons (Fsp3) is 0.154. The highest BCUT2D eigenvalue weighted by molar-refractivity contribution is 7.22. The summed E-state index contributed by atoms with van der Waals surface area (Å²) in [6.45, 7) is 1.97. The number of aliphatic hydroxyl groups is 1. The molecule has 0 bridgehead atoms. The van der Waals surface area contributed by atoms with Gasteiger partial charge in [-0.3, -0.25) is 19.5 Å². The summed E-state index contributed by atoms with van der Waals surface area (Å²) in [7, 11) is 0. The molecule has 4 aromatic rings. The van der Waals surface area contributed by atoms with Gasteiger partial charge in [0, 0.05) is 29.4 Å². The maximum atomic E-state index is 13.3. The minimum absolute atomic E-state index is 0.00722. The van der Waals surface area contributed by atoms with Crippen molar-refractivity contribution in [3.05, 3.63) is 88.2 Å². The third-order valence-corrected chi connectivity index (χ3v) is 7.41. The average molecular weight is 504 g/mol. The molecule has 9 heteroatoms. The van der Waals surface area contributed by atoms with Crippen molar-refractivity contribution >= 4 is 55.7 Å². The first kappa shape index (κ1) is 21.8. The van der Waals surface area contributed by atoms with Crippen LogP contribution in [0.5, 0.6) is 5.75 Å². The Kier molecular flexibility index (Phi) is 5.09. The van der Waals surface area contributed by atoms with Gasteiger partial charge < -0.3 is 9.84 Å². The first-order valence-electron chi connectivity index (χ1n) is 11.0. The van der Waals surface area contributed by atoms with E-state index in [1.807, 2.05) is 13.0 Å². The number of ether oxygens (including phenoxy) is 1. The van der Waals surface area contributed by atoms with Crippen molar-refractivity contribution in [3.63, 3.8) is 0 Å². The molecule has 0 radical (unpaired) electrons. The number of Topliss-reactive ketones (excluding diaryl/α,β-unsaturated/α-hetero) is 1. The Hall–Kier alpha value is -3.75. The van der Waals surface area contributed by atoms with Gasteiger partial charge in [-0.2, -0.15) is 0 Å². The molecule has 7 nitrogen and oxygen atoms in total. The second kappa shape index (κ2) is 8.18. The smallest absolute Gasteiger partial charge is 0.301 e. The molecule has 0 aliphatic carbocycles. The number of hydrogen-bond donors (Lipinski definition) is 1. The van der Waals surface area contributed by atoms with Crippen molar-refractivity contribution in [2.45, 2.75) is 25.5 Å². The van der Waals surface area contributed by atoms with Crippen molar-refractivity contribution in [2.24, 2.45) is 0 Å². The highest BCUT2D eigenvalue weighted by atomic mass is 35.5. The number of aliphatic hydroxyl groups excluding tert-OH is 1. The number of nitrogens with zero attached hydrogens (tertiary/aromatic N) is 3. The lowest BCUT2D eigenvalue weighted by molar-refractivity contribution is -0.132. The molecule has 2 aliphatic heterocycles. The second-order valence-electron chi connectivity index (χ2n) is 8.52. The monoisotopic (exact) mass is 503 g/mol. The van der Waals surface area contributed by atoms with Crippen LogP contribution in [0.25, 0.3) is 16.0 Å². The molecular weight excluding hydrogens is 486 g/mol. The molecular formula is C26H18ClN3O4S. The Bertz CT molecular complexity index is 1550. The third-order valence-electron chi connectivity index (χ3n) is 6.16. The number of aromatic nitrogens is 2. The molecule has 1 fully saturated rings. The van der Waals surface area contributed by atoms with Crippen LogP contribution >= 0.6 is 22.9 Å². The molecule has 1 saturated heterocycles. The molecule has 0 unspecified atom stereocenters. The van der Waals surface area contributed by atoms with E-state index in [9.17, 15) is 14.7 Å². The Morgan fingerprint density at radius 3 is 2.86 bits per heavy atom. The summed E-state index contributed by atoms with van der Waals surface area (Å²) in [6.07, 6.45) is 3.93. The van der Waals surface area contributed by atoms with Gasteiger partial charge in [-0.15, -0.1) is 0 Å². The van der Waals surface area contributed by atoms with E-state index in [4.69, 9.17) is 16.3 Å². The van der Waals surface area contributed by atoms with Crippen molar-refractivity contribution in [1.82, 2.24) is 9.97 Å². The number of hydrogen-bond acceptors (Lipinski definition) is 7. The lowest BCUT2D eigenvalue weighted by Gasteiger charge is -2.22. The maximum Gasteiger partial charge on any atom is 0.301 e. The van der Waals surface area contributed by atoms with E-state index in [1.54, 1.807) is 54.9 Å².